The monoisotopic (exact) mass is 302 g/mol. The Kier molecular flexibility index (Phi) is 4.20. The first-order valence-corrected chi connectivity index (χ1v) is 6.91. The van der Waals surface area contributed by atoms with E-state index in [2.05, 4.69) is 10.6 Å². The normalized spacial score (nSPS) is 11.9. The van der Waals surface area contributed by atoms with Crippen LogP contribution in [0.3, 0.4) is 0 Å². The highest BCUT2D eigenvalue weighted by Crippen LogP contribution is 2.27. The lowest BCUT2D eigenvalue weighted by molar-refractivity contribution is -0.384. The summed E-state index contributed by atoms with van der Waals surface area (Å²) in [6.45, 7) is 2.99. The van der Waals surface area contributed by atoms with Crippen LogP contribution in [0.2, 0.25) is 5.02 Å². The third-order valence-corrected chi connectivity index (χ3v) is 4.15. The van der Waals surface area contributed by atoms with E-state index in [1.54, 1.807) is 0 Å². The van der Waals surface area contributed by atoms with Crippen LogP contribution in [0, 0.1) is 22.5 Å². The number of hydrogen-bond acceptors (Lipinski definition) is 4. The number of nitro groups is 1. The van der Waals surface area contributed by atoms with Crippen molar-refractivity contribution in [2.24, 2.45) is 0 Å². The van der Waals surface area contributed by atoms with E-state index in [0.717, 1.165) is 12.1 Å². The molecule has 1 rings (SSSR count). The summed E-state index contributed by atoms with van der Waals surface area (Å²) in [4.78, 5) is 9.69. The molecule has 1 aromatic carbocycles. The summed E-state index contributed by atoms with van der Waals surface area (Å²) in [6, 6.07) is 3.21. The van der Waals surface area contributed by atoms with Crippen molar-refractivity contribution in [2.75, 3.05) is 0 Å². The van der Waals surface area contributed by atoms with E-state index in [0.29, 0.717) is 0 Å². The van der Waals surface area contributed by atoms with Crippen molar-refractivity contribution in [3.8, 4) is 12.3 Å². The van der Waals surface area contributed by atoms with E-state index in [1.165, 1.54) is 19.9 Å². The third-order valence-electron chi connectivity index (χ3n) is 2.17. The van der Waals surface area contributed by atoms with Crippen LogP contribution in [-0.2, 0) is 10.0 Å². The average Bonchev–Trinajstić information content (AvgIpc) is 2.27. The molecule has 0 atom stereocenters. The first-order valence-electron chi connectivity index (χ1n) is 5.05. The number of sulfonamides is 1. The molecule has 0 aliphatic rings. The molecular weight excluding hydrogens is 292 g/mol. The largest absolute Gasteiger partial charge is 0.289 e. The zero-order chi connectivity index (χ0) is 14.8. The van der Waals surface area contributed by atoms with Gasteiger partial charge >= 0.3 is 0 Å². The lowest BCUT2D eigenvalue weighted by Gasteiger charge is -2.19. The van der Waals surface area contributed by atoms with E-state index in [9.17, 15) is 18.5 Å². The quantitative estimate of drug-likeness (QED) is 0.523. The maximum Gasteiger partial charge on any atom is 0.289 e. The van der Waals surface area contributed by atoms with Crippen molar-refractivity contribution in [3.63, 3.8) is 0 Å². The molecule has 0 amide bonds. The summed E-state index contributed by atoms with van der Waals surface area (Å²) in [7, 11) is -3.96. The number of nitro benzene ring substituents is 1. The molecule has 0 bridgehead atoms. The van der Waals surface area contributed by atoms with Crippen LogP contribution in [0.1, 0.15) is 13.8 Å². The Hall–Kier alpha value is -1.62. The Balaban J connectivity index is 3.28. The first kappa shape index (κ1) is 15.4. The highest BCUT2D eigenvalue weighted by Gasteiger charge is 2.26. The van der Waals surface area contributed by atoms with Gasteiger partial charge in [0.25, 0.3) is 5.69 Å². The van der Waals surface area contributed by atoms with Crippen LogP contribution in [-0.4, -0.2) is 18.9 Å². The highest BCUT2D eigenvalue weighted by atomic mass is 35.5. The van der Waals surface area contributed by atoms with Gasteiger partial charge in [-0.15, -0.1) is 6.42 Å². The molecule has 0 saturated heterocycles. The smallest absolute Gasteiger partial charge is 0.258 e. The summed E-state index contributed by atoms with van der Waals surface area (Å²) in [5.74, 6) is 2.27. The van der Waals surface area contributed by atoms with Crippen molar-refractivity contribution < 1.29 is 13.3 Å². The Morgan fingerprint density at radius 2 is 2.05 bits per heavy atom. The van der Waals surface area contributed by atoms with Gasteiger partial charge in [-0.25, -0.2) is 8.42 Å². The number of nitrogens with zero attached hydrogens (tertiary/aromatic N) is 1. The molecule has 1 N–H and O–H groups in total. The summed E-state index contributed by atoms with van der Waals surface area (Å²) < 4.78 is 26.3. The second kappa shape index (κ2) is 5.17. The van der Waals surface area contributed by atoms with Gasteiger partial charge in [0.1, 0.15) is 5.02 Å². The minimum atomic E-state index is -3.96. The molecule has 1 aromatic rings. The summed E-state index contributed by atoms with van der Waals surface area (Å²) in [5, 5.41) is 10.6. The van der Waals surface area contributed by atoms with Crippen LogP contribution >= 0.6 is 11.6 Å². The fourth-order valence-corrected chi connectivity index (χ4v) is 2.77. The number of hydrogen-bond donors (Lipinski definition) is 1. The van der Waals surface area contributed by atoms with E-state index >= 15 is 0 Å². The Bertz CT molecular complexity index is 662. The minimum Gasteiger partial charge on any atom is -0.258 e. The molecule has 0 aliphatic heterocycles. The predicted molar refractivity (Wildman–Crippen MR) is 71.3 cm³/mol. The highest BCUT2D eigenvalue weighted by molar-refractivity contribution is 7.89. The summed E-state index contributed by atoms with van der Waals surface area (Å²) in [5.41, 5.74) is -1.59. The van der Waals surface area contributed by atoms with E-state index in [4.69, 9.17) is 18.0 Å². The summed E-state index contributed by atoms with van der Waals surface area (Å²) in [6.07, 6.45) is 5.19. The molecule has 0 heterocycles. The van der Waals surface area contributed by atoms with Gasteiger partial charge in [0.15, 0.2) is 0 Å². The molecule has 0 spiro atoms. The number of halogens is 1. The topological polar surface area (TPSA) is 89.3 Å². The molecule has 0 radical (unpaired) electrons. The van der Waals surface area contributed by atoms with Crippen molar-refractivity contribution in [2.45, 2.75) is 24.3 Å². The van der Waals surface area contributed by atoms with Crippen LogP contribution < -0.4 is 4.72 Å². The molecule has 8 heteroatoms. The van der Waals surface area contributed by atoms with Crippen molar-refractivity contribution >= 4 is 27.3 Å². The van der Waals surface area contributed by atoms with Crippen LogP contribution in [0.4, 0.5) is 5.69 Å². The van der Waals surface area contributed by atoms with Gasteiger partial charge in [-0.1, -0.05) is 17.5 Å². The second-order valence-electron chi connectivity index (χ2n) is 4.25. The molecule has 0 unspecified atom stereocenters. The van der Waals surface area contributed by atoms with Crippen LogP contribution in [0.15, 0.2) is 23.1 Å². The average molecular weight is 303 g/mol. The van der Waals surface area contributed by atoms with Gasteiger partial charge in [-0.2, -0.15) is 4.72 Å². The Morgan fingerprint density at radius 1 is 1.47 bits per heavy atom. The molecule has 19 heavy (non-hydrogen) atoms. The van der Waals surface area contributed by atoms with Crippen LogP contribution in [0.5, 0.6) is 0 Å². The van der Waals surface area contributed by atoms with Gasteiger partial charge in [0, 0.05) is 6.07 Å². The van der Waals surface area contributed by atoms with Gasteiger partial charge < -0.3 is 0 Å². The predicted octanol–water partition coefficient (Wildman–Crippen LogP) is 1.94. The van der Waals surface area contributed by atoms with E-state index in [1.807, 2.05) is 0 Å². The molecule has 0 fully saturated rings. The van der Waals surface area contributed by atoms with Crippen molar-refractivity contribution in [1.29, 1.82) is 0 Å². The molecular formula is C11H11ClN2O4S. The number of nitrogens with one attached hydrogen (secondary N) is 1. The Labute approximate surface area is 116 Å². The fraction of sp³-hybridized carbons (Fsp3) is 0.273. The maximum absolute atomic E-state index is 12.0. The van der Waals surface area contributed by atoms with E-state index < -0.39 is 26.2 Å². The lowest BCUT2D eigenvalue weighted by Crippen LogP contribution is -2.41. The van der Waals surface area contributed by atoms with Gasteiger partial charge in [-0.05, 0) is 26.0 Å². The number of terminal acetylenes is 1. The first-order chi connectivity index (χ1) is 8.59. The van der Waals surface area contributed by atoms with Gasteiger partial charge in [0.05, 0.1) is 15.4 Å². The maximum atomic E-state index is 12.0. The van der Waals surface area contributed by atoms with E-state index in [-0.39, 0.29) is 9.92 Å². The summed E-state index contributed by atoms with van der Waals surface area (Å²) >= 11 is 5.61. The SMILES string of the molecule is C#CC(C)(C)NS(=O)(=O)c1ccc(Cl)c([N+](=O)[O-])c1. The zero-order valence-corrected chi connectivity index (χ0v) is 11.7. The molecule has 0 saturated carbocycles. The number of rotatable bonds is 4. The van der Waals surface area contributed by atoms with Gasteiger partial charge in [-0.3, -0.25) is 10.1 Å². The van der Waals surface area contributed by atoms with Crippen molar-refractivity contribution in [1.82, 2.24) is 4.72 Å². The Morgan fingerprint density at radius 3 is 2.53 bits per heavy atom. The molecule has 6 nitrogen and oxygen atoms in total. The second-order valence-corrected chi connectivity index (χ2v) is 6.33. The molecule has 0 aromatic heterocycles. The molecule has 0 aliphatic carbocycles. The third kappa shape index (κ3) is 3.67. The standard InChI is InChI=1S/C11H11ClN2O4S/c1-4-11(2,3)13-19(17,18)8-5-6-9(12)10(7-8)14(15)16/h1,5-7,13H,2-3H3. The molecule has 102 valence electrons. The zero-order valence-electron chi connectivity index (χ0n) is 10.2. The fourth-order valence-electron chi connectivity index (χ4n) is 1.22. The van der Waals surface area contributed by atoms with Crippen LogP contribution in [0.25, 0.3) is 0 Å². The number of benzene rings is 1. The van der Waals surface area contributed by atoms with Gasteiger partial charge in [0.2, 0.25) is 10.0 Å². The minimum absolute atomic E-state index is 0.139. The van der Waals surface area contributed by atoms with Crippen molar-refractivity contribution in [3.05, 3.63) is 33.3 Å². The lowest BCUT2D eigenvalue weighted by atomic mass is 10.1.